The van der Waals surface area contributed by atoms with Crippen molar-refractivity contribution in [2.24, 2.45) is 11.7 Å². The molecular formula is C10H11N3O2S. The van der Waals surface area contributed by atoms with Crippen molar-refractivity contribution in [3.63, 3.8) is 0 Å². The van der Waals surface area contributed by atoms with E-state index in [0.29, 0.717) is 23.8 Å². The van der Waals surface area contributed by atoms with E-state index < -0.39 is 0 Å². The van der Waals surface area contributed by atoms with Crippen LogP contribution in [0.5, 0.6) is 0 Å². The summed E-state index contributed by atoms with van der Waals surface area (Å²) >= 11 is 1.33. The molecule has 0 bridgehead atoms. The minimum absolute atomic E-state index is 0.177. The van der Waals surface area contributed by atoms with Crippen molar-refractivity contribution in [2.75, 3.05) is 18.5 Å². The molecule has 2 atom stereocenters. The minimum atomic E-state index is -0.325. The van der Waals surface area contributed by atoms with Gasteiger partial charge in [0.15, 0.2) is 0 Å². The predicted molar refractivity (Wildman–Crippen MR) is 59.9 cm³/mol. The van der Waals surface area contributed by atoms with Gasteiger partial charge in [0.2, 0.25) is 5.91 Å². The number of nitrogens with zero attached hydrogens (tertiary/aromatic N) is 1. The average Bonchev–Trinajstić information content (AvgIpc) is 2.86. The quantitative estimate of drug-likeness (QED) is 0.785. The van der Waals surface area contributed by atoms with Crippen LogP contribution in [0.3, 0.4) is 0 Å². The third-order valence-corrected chi connectivity index (χ3v) is 3.31. The van der Waals surface area contributed by atoms with Gasteiger partial charge in [-0.1, -0.05) is 0 Å². The highest BCUT2D eigenvalue weighted by atomic mass is 32.1. The Hall–Kier alpha value is -1.42. The van der Waals surface area contributed by atoms with Crippen LogP contribution in [0.15, 0.2) is 11.4 Å². The van der Waals surface area contributed by atoms with E-state index in [9.17, 15) is 4.79 Å². The second kappa shape index (κ2) is 4.61. The summed E-state index contributed by atoms with van der Waals surface area (Å²) in [6.45, 7) is 0.758. The molecule has 1 aromatic rings. The molecule has 1 fully saturated rings. The Morgan fingerprint density at radius 2 is 2.50 bits per heavy atom. The van der Waals surface area contributed by atoms with E-state index in [1.807, 2.05) is 6.07 Å². The summed E-state index contributed by atoms with van der Waals surface area (Å²) in [6, 6.07) is 3.43. The van der Waals surface area contributed by atoms with Crippen LogP contribution in [0.25, 0.3) is 0 Å². The molecule has 6 heteroatoms. The van der Waals surface area contributed by atoms with Crippen LogP contribution in [-0.2, 0) is 9.53 Å². The molecule has 3 N–H and O–H groups in total. The van der Waals surface area contributed by atoms with E-state index in [4.69, 9.17) is 15.7 Å². The molecule has 1 aliphatic heterocycles. The minimum Gasteiger partial charge on any atom is -0.379 e. The molecule has 5 nitrogen and oxygen atoms in total. The van der Waals surface area contributed by atoms with Crippen molar-refractivity contribution in [2.45, 2.75) is 6.04 Å². The number of hydrogen-bond donors (Lipinski definition) is 2. The number of thiophene rings is 1. The molecule has 2 unspecified atom stereocenters. The highest BCUT2D eigenvalue weighted by Gasteiger charge is 2.31. The molecule has 1 amide bonds. The number of amides is 1. The normalized spacial score (nSPS) is 24.0. The molecule has 0 spiro atoms. The molecule has 16 heavy (non-hydrogen) atoms. The van der Waals surface area contributed by atoms with Crippen molar-refractivity contribution in [1.29, 1.82) is 5.26 Å². The Bertz CT molecular complexity index is 438. The van der Waals surface area contributed by atoms with Gasteiger partial charge in [0.25, 0.3) is 0 Å². The van der Waals surface area contributed by atoms with Gasteiger partial charge in [-0.05, 0) is 11.4 Å². The molecule has 1 aliphatic rings. The lowest BCUT2D eigenvalue weighted by Crippen LogP contribution is -2.37. The number of anilines is 1. The van der Waals surface area contributed by atoms with Gasteiger partial charge in [0.1, 0.15) is 11.1 Å². The van der Waals surface area contributed by atoms with Crippen LogP contribution in [0, 0.1) is 17.2 Å². The first kappa shape index (κ1) is 11.1. The summed E-state index contributed by atoms with van der Waals surface area (Å²) in [6.07, 6.45) is 0. The Morgan fingerprint density at radius 3 is 3.12 bits per heavy atom. The molecule has 1 aromatic heterocycles. The Balaban J connectivity index is 2.05. The topological polar surface area (TPSA) is 88.1 Å². The van der Waals surface area contributed by atoms with Gasteiger partial charge in [-0.15, -0.1) is 11.3 Å². The van der Waals surface area contributed by atoms with E-state index in [-0.39, 0.29) is 17.9 Å². The first-order chi connectivity index (χ1) is 7.72. The SMILES string of the molecule is N#Cc1ccsc1NC(=O)C1COCC1N. The van der Waals surface area contributed by atoms with Gasteiger partial charge in [-0.3, -0.25) is 4.79 Å². The number of nitriles is 1. The van der Waals surface area contributed by atoms with Gasteiger partial charge < -0.3 is 15.8 Å². The van der Waals surface area contributed by atoms with Crippen molar-refractivity contribution in [1.82, 2.24) is 0 Å². The fourth-order valence-electron chi connectivity index (χ4n) is 1.54. The monoisotopic (exact) mass is 237 g/mol. The highest BCUT2D eigenvalue weighted by Crippen LogP contribution is 2.23. The third-order valence-electron chi connectivity index (χ3n) is 2.48. The van der Waals surface area contributed by atoms with Gasteiger partial charge in [0.05, 0.1) is 24.7 Å². The summed E-state index contributed by atoms with van der Waals surface area (Å²) in [4.78, 5) is 11.8. The number of ether oxygens (including phenoxy) is 1. The van der Waals surface area contributed by atoms with Crippen LogP contribution in [-0.4, -0.2) is 25.2 Å². The second-order valence-electron chi connectivity index (χ2n) is 3.57. The van der Waals surface area contributed by atoms with E-state index >= 15 is 0 Å². The van der Waals surface area contributed by atoms with E-state index in [0.717, 1.165) is 0 Å². The Labute approximate surface area is 96.8 Å². The van der Waals surface area contributed by atoms with E-state index in [1.54, 1.807) is 11.4 Å². The number of nitrogens with two attached hydrogens (primary N) is 1. The van der Waals surface area contributed by atoms with Crippen molar-refractivity contribution >= 4 is 22.2 Å². The van der Waals surface area contributed by atoms with Crippen molar-refractivity contribution in [3.05, 3.63) is 17.0 Å². The fourth-order valence-corrected chi connectivity index (χ4v) is 2.28. The molecule has 2 heterocycles. The summed E-state index contributed by atoms with van der Waals surface area (Å²) in [5.74, 6) is -0.502. The standard InChI is InChI=1S/C10H11N3O2S/c11-3-6-1-2-16-10(6)13-9(14)7-4-15-5-8(7)12/h1-2,7-8H,4-5,12H2,(H,13,14). The largest absolute Gasteiger partial charge is 0.379 e. The van der Waals surface area contributed by atoms with Crippen LogP contribution in [0.4, 0.5) is 5.00 Å². The summed E-state index contributed by atoms with van der Waals surface area (Å²) in [5, 5.41) is 13.8. The predicted octanol–water partition coefficient (Wildman–Crippen LogP) is 0.532. The number of rotatable bonds is 2. The maximum Gasteiger partial charge on any atom is 0.232 e. The number of hydrogen-bond acceptors (Lipinski definition) is 5. The molecule has 2 rings (SSSR count). The summed E-state index contributed by atoms with van der Waals surface area (Å²) < 4.78 is 5.12. The molecule has 0 aromatic carbocycles. The molecule has 0 saturated carbocycles. The summed E-state index contributed by atoms with van der Waals surface area (Å²) in [7, 11) is 0. The molecular weight excluding hydrogens is 226 g/mol. The zero-order valence-corrected chi connectivity index (χ0v) is 9.29. The molecule has 0 aliphatic carbocycles. The first-order valence-corrected chi connectivity index (χ1v) is 5.72. The van der Waals surface area contributed by atoms with E-state index in [1.165, 1.54) is 11.3 Å². The lowest BCUT2D eigenvalue weighted by molar-refractivity contribution is -0.120. The van der Waals surface area contributed by atoms with Crippen molar-refractivity contribution < 1.29 is 9.53 Å². The zero-order valence-electron chi connectivity index (χ0n) is 8.47. The Morgan fingerprint density at radius 1 is 1.69 bits per heavy atom. The first-order valence-electron chi connectivity index (χ1n) is 4.84. The summed E-state index contributed by atoms with van der Waals surface area (Å²) in [5.41, 5.74) is 6.21. The lowest BCUT2D eigenvalue weighted by Gasteiger charge is -2.12. The zero-order chi connectivity index (χ0) is 11.5. The molecule has 84 valence electrons. The van der Waals surface area contributed by atoms with Gasteiger partial charge >= 0.3 is 0 Å². The second-order valence-corrected chi connectivity index (χ2v) is 4.49. The maximum absolute atomic E-state index is 11.8. The number of nitrogens with one attached hydrogen (secondary N) is 1. The van der Waals surface area contributed by atoms with Crippen LogP contribution >= 0.6 is 11.3 Å². The van der Waals surface area contributed by atoms with Crippen LogP contribution < -0.4 is 11.1 Å². The molecule has 0 radical (unpaired) electrons. The lowest BCUT2D eigenvalue weighted by atomic mass is 10.0. The van der Waals surface area contributed by atoms with Crippen LogP contribution in [0.1, 0.15) is 5.56 Å². The average molecular weight is 237 g/mol. The highest BCUT2D eigenvalue weighted by molar-refractivity contribution is 7.14. The van der Waals surface area contributed by atoms with Crippen molar-refractivity contribution in [3.8, 4) is 6.07 Å². The third kappa shape index (κ3) is 2.07. The Kier molecular flexibility index (Phi) is 3.19. The van der Waals surface area contributed by atoms with E-state index in [2.05, 4.69) is 5.32 Å². The number of carbonyl (C=O) groups excluding carboxylic acids is 1. The number of carbonyl (C=O) groups is 1. The van der Waals surface area contributed by atoms with Gasteiger partial charge in [0, 0.05) is 6.04 Å². The van der Waals surface area contributed by atoms with Gasteiger partial charge in [-0.25, -0.2) is 0 Å². The van der Waals surface area contributed by atoms with Gasteiger partial charge in [-0.2, -0.15) is 5.26 Å². The smallest absolute Gasteiger partial charge is 0.232 e. The maximum atomic E-state index is 11.8. The fraction of sp³-hybridized carbons (Fsp3) is 0.400. The molecule has 1 saturated heterocycles. The van der Waals surface area contributed by atoms with Crippen LogP contribution in [0.2, 0.25) is 0 Å².